The van der Waals surface area contributed by atoms with Crippen molar-refractivity contribution in [1.29, 1.82) is 0 Å². The maximum atomic E-state index is 12.6. The number of sulfonamides is 1. The van der Waals surface area contributed by atoms with Gasteiger partial charge in [-0.3, -0.25) is 14.3 Å². The number of carboxylic acid groups (broad SMARTS) is 1. The molecule has 2 N–H and O–H groups in total. The van der Waals surface area contributed by atoms with E-state index in [2.05, 4.69) is 4.72 Å². The van der Waals surface area contributed by atoms with Gasteiger partial charge in [0.2, 0.25) is 10.0 Å². The molecular formula is C15H20N2O5S. The van der Waals surface area contributed by atoms with Gasteiger partial charge in [0.15, 0.2) is 0 Å². The predicted molar refractivity (Wildman–Crippen MR) is 85.8 cm³/mol. The molecule has 1 atom stereocenters. The second-order valence-corrected chi connectivity index (χ2v) is 7.38. The number of carboxylic acids is 1. The van der Waals surface area contributed by atoms with E-state index in [0.717, 1.165) is 0 Å². The van der Waals surface area contributed by atoms with Crippen molar-refractivity contribution >= 4 is 27.6 Å². The maximum absolute atomic E-state index is 12.6. The standard InChI is InChI=1S/C15H20N2O5S/c1-2-9-23(21,22)16-13-6-4-3-5-12(13)14(18)17-8-7-11(10-17)15(19)20/h3-6,11,16H,2,7-10H2,1H3,(H,19,20). The van der Waals surface area contributed by atoms with Gasteiger partial charge in [0.05, 0.1) is 22.9 Å². The van der Waals surface area contributed by atoms with Gasteiger partial charge >= 0.3 is 5.97 Å². The molecule has 0 aromatic heterocycles. The Morgan fingerprint density at radius 2 is 2.04 bits per heavy atom. The van der Waals surface area contributed by atoms with Crippen LogP contribution in [0.25, 0.3) is 0 Å². The molecule has 1 saturated heterocycles. The van der Waals surface area contributed by atoms with Crippen molar-refractivity contribution in [1.82, 2.24) is 4.90 Å². The second-order valence-electron chi connectivity index (χ2n) is 5.54. The highest BCUT2D eigenvalue weighted by atomic mass is 32.2. The fraction of sp³-hybridized carbons (Fsp3) is 0.467. The van der Waals surface area contributed by atoms with E-state index in [-0.39, 0.29) is 29.5 Å². The summed E-state index contributed by atoms with van der Waals surface area (Å²) in [6.07, 6.45) is 0.878. The van der Waals surface area contributed by atoms with E-state index in [1.165, 1.54) is 11.0 Å². The van der Waals surface area contributed by atoms with E-state index < -0.39 is 21.9 Å². The largest absolute Gasteiger partial charge is 0.481 e. The first-order valence-electron chi connectivity index (χ1n) is 7.45. The number of nitrogens with zero attached hydrogens (tertiary/aromatic N) is 1. The summed E-state index contributed by atoms with van der Waals surface area (Å²) in [4.78, 5) is 25.0. The van der Waals surface area contributed by atoms with E-state index in [1.54, 1.807) is 25.1 Å². The van der Waals surface area contributed by atoms with Crippen LogP contribution in [0, 0.1) is 5.92 Å². The molecule has 0 radical (unpaired) electrons. The molecule has 0 saturated carbocycles. The molecule has 1 aliphatic heterocycles. The van der Waals surface area contributed by atoms with Crippen LogP contribution < -0.4 is 4.72 Å². The molecular weight excluding hydrogens is 320 g/mol. The summed E-state index contributed by atoms with van der Waals surface area (Å²) in [5, 5.41) is 9.02. The van der Waals surface area contributed by atoms with E-state index in [9.17, 15) is 18.0 Å². The lowest BCUT2D eigenvalue weighted by Crippen LogP contribution is -2.31. The van der Waals surface area contributed by atoms with Crippen LogP contribution in [-0.4, -0.2) is 49.1 Å². The maximum Gasteiger partial charge on any atom is 0.308 e. The van der Waals surface area contributed by atoms with Gasteiger partial charge in [-0.1, -0.05) is 19.1 Å². The number of likely N-dealkylation sites (tertiary alicyclic amines) is 1. The predicted octanol–water partition coefficient (Wildman–Crippen LogP) is 1.39. The molecule has 1 aliphatic rings. The fourth-order valence-electron chi connectivity index (χ4n) is 2.56. The molecule has 7 nitrogen and oxygen atoms in total. The lowest BCUT2D eigenvalue weighted by atomic mass is 10.1. The SMILES string of the molecule is CCCS(=O)(=O)Nc1ccccc1C(=O)N1CCC(C(=O)O)C1. The molecule has 0 spiro atoms. The lowest BCUT2D eigenvalue weighted by Gasteiger charge is -2.18. The zero-order chi connectivity index (χ0) is 17.0. The summed E-state index contributed by atoms with van der Waals surface area (Å²) < 4.78 is 26.3. The monoisotopic (exact) mass is 340 g/mol. The summed E-state index contributed by atoms with van der Waals surface area (Å²) in [5.74, 6) is -1.87. The third-order valence-electron chi connectivity index (χ3n) is 3.72. The van der Waals surface area contributed by atoms with Crippen LogP contribution in [-0.2, 0) is 14.8 Å². The Kier molecular flexibility index (Phi) is 5.25. The number of carbonyl (C=O) groups is 2. The first kappa shape index (κ1) is 17.3. The van der Waals surface area contributed by atoms with E-state index in [4.69, 9.17) is 5.11 Å². The Morgan fingerprint density at radius 1 is 1.35 bits per heavy atom. The van der Waals surface area contributed by atoms with Gasteiger partial charge in [0.25, 0.3) is 5.91 Å². The number of hydrogen-bond acceptors (Lipinski definition) is 4. The lowest BCUT2D eigenvalue weighted by molar-refractivity contribution is -0.141. The number of amides is 1. The highest BCUT2D eigenvalue weighted by Crippen LogP contribution is 2.23. The molecule has 1 heterocycles. The Morgan fingerprint density at radius 3 is 2.65 bits per heavy atom. The number of nitrogens with one attached hydrogen (secondary N) is 1. The number of para-hydroxylation sites is 1. The average Bonchev–Trinajstić information content (AvgIpc) is 2.96. The third-order valence-corrected chi connectivity index (χ3v) is 5.20. The summed E-state index contributed by atoms with van der Waals surface area (Å²) in [5.41, 5.74) is 0.461. The molecule has 1 aromatic carbocycles. The highest BCUT2D eigenvalue weighted by molar-refractivity contribution is 7.92. The third kappa shape index (κ3) is 4.22. The van der Waals surface area contributed by atoms with Crippen LogP contribution in [0.1, 0.15) is 30.1 Å². The second kappa shape index (κ2) is 6.99. The van der Waals surface area contributed by atoms with Crippen molar-refractivity contribution in [2.75, 3.05) is 23.6 Å². The van der Waals surface area contributed by atoms with Crippen molar-refractivity contribution in [3.63, 3.8) is 0 Å². The minimum absolute atomic E-state index is 0.0275. The Bertz CT molecular complexity index is 702. The topological polar surface area (TPSA) is 104 Å². The van der Waals surface area contributed by atoms with Crippen LogP contribution in [0.5, 0.6) is 0 Å². The van der Waals surface area contributed by atoms with Crippen molar-refractivity contribution in [2.24, 2.45) is 5.92 Å². The van der Waals surface area contributed by atoms with Gasteiger partial charge in [-0.25, -0.2) is 8.42 Å². The number of anilines is 1. The van der Waals surface area contributed by atoms with Crippen molar-refractivity contribution in [2.45, 2.75) is 19.8 Å². The number of rotatable bonds is 6. The summed E-state index contributed by atoms with van der Waals surface area (Å²) >= 11 is 0. The first-order chi connectivity index (χ1) is 10.8. The number of carbonyl (C=O) groups excluding carboxylic acids is 1. The number of hydrogen-bond donors (Lipinski definition) is 2. The summed E-state index contributed by atoms with van der Waals surface area (Å²) in [6.45, 7) is 2.25. The molecule has 8 heteroatoms. The molecule has 2 rings (SSSR count). The van der Waals surface area contributed by atoms with Gasteiger partial charge in [0.1, 0.15) is 0 Å². The van der Waals surface area contributed by atoms with Crippen molar-refractivity contribution < 1.29 is 23.1 Å². The van der Waals surface area contributed by atoms with Crippen LogP contribution in [0.2, 0.25) is 0 Å². The van der Waals surface area contributed by atoms with Gasteiger partial charge in [-0.15, -0.1) is 0 Å². The molecule has 1 unspecified atom stereocenters. The first-order valence-corrected chi connectivity index (χ1v) is 9.11. The van der Waals surface area contributed by atoms with E-state index >= 15 is 0 Å². The smallest absolute Gasteiger partial charge is 0.308 e. The Hall–Kier alpha value is -2.09. The molecule has 1 aromatic rings. The molecule has 1 amide bonds. The number of benzene rings is 1. The number of aliphatic carboxylic acids is 1. The molecule has 0 bridgehead atoms. The molecule has 0 aliphatic carbocycles. The highest BCUT2D eigenvalue weighted by Gasteiger charge is 2.32. The van der Waals surface area contributed by atoms with Gasteiger partial charge in [-0.05, 0) is 25.0 Å². The van der Waals surface area contributed by atoms with Crippen LogP contribution >= 0.6 is 0 Å². The van der Waals surface area contributed by atoms with Crippen LogP contribution in [0.4, 0.5) is 5.69 Å². The Labute approximate surface area is 135 Å². The zero-order valence-corrected chi connectivity index (χ0v) is 13.7. The summed E-state index contributed by atoms with van der Waals surface area (Å²) in [7, 11) is -3.50. The van der Waals surface area contributed by atoms with Crippen molar-refractivity contribution in [3.8, 4) is 0 Å². The quantitative estimate of drug-likeness (QED) is 0.814. The minimum atomic E-state index is -3.50. The fourth-order valence-corrected chi connectivity index (χ4v) is 3.72. The average molecular weight is 340 g/mol. The van der Waals surface area contributed by atoms with E-state index in [0.29, 0.717) is 19.4 Å². The molecule has 126 valence electrons. The van der Waals surface area contributed by atoms with Crippen LogP contribution in [0.3, 0.4) is 0 Å². The van der Waals surface area contributed by atoms with Gasteiger partial charge in [0, 0.05) is 13.1 Å². The van der Waals surface area contributed by atoms with Crippen molar-refractivity contribution in [3.05, 3.63) is 29.8 Å². The normalized spacial score (nSPS) is 18.0. The summed E-state index contributed by atoms with van der Waals surface area (Å²) in [6, 6.07) is 6.37. The van der Waals surface area contributed by atoms with Gasteiger partial charge in [-0.2, -0.15) is 0 Å². The van der Waals surface area contributed by atoms with E-state index in [1.807, 2.05) is 0 Å². The molecule has 23 heavy (non-hydrogen) atoms. The van der Waals surface area contributed by atoms with Gasteiger partial charge < -0.3 is 10.0 Å². The molecule has 1 fully saturated rings. The Balaban J connectivity index is 2.20. The van der Waals surface area contributed by atoms with Crippen LogP contribution in [0.15, 0.2) is 24.3 Å². The zero-order valence-electron chi connectivity index (χ0n) is 12.9. The minimum Gasteiger partial charge on any atom is -0.481 e.